The van der Waals surface area contributed by atoms with Gasteiger partial charge in [0.2, 0.25) is 0 Å². The lowest BCUT2D eigenvalue weighted by atomic mass is 10.3. The van der Waals surface area contributed by atoms with Crippen molar-refractivity contribution in [2.45, 2.75) is 40.2 Å². The summed E-state index contributed by atoms with van der Waals surface area (Å²) in [6, 6.07) is 0.692. The monoisotopic (exact) mass is 186 g/mol. The van der Waals surface area contributed by atoms with Crippen LogP contribution in [0.4, 0.5) is 0 Å². The predicted octanol–water partition coefficient (Wildman–Crippen LogP) is 2.06. The summed E-state index contributed by atoms with van der Waals surface area (Å²) in [7, 11) is 2.19. The summed E-state index contributed by atoms with van der Waals surface area (Å²) in [6.45, 7) is 13.8. The number of rotatable bonds is 7. The minimum atomic E-state index is 0.692. The van der Waals surface area contributed by atoms with E-state index >= 15 is 0 Å². The van der Waals surface area contributed by atoms with E-state index < -0.39 is 0 Å². The van der Waals surface area contributed by atoms with Gasteiger partial charge in [0.25, 0.3) is 0 Å². The summed E-state index contributed by atoms with van der Waals surface area (Å²) >= 11 is 0. The van der Waals surface area contributed by atoms with Gasteiger partial charge in [-0.2, -0.15) is 0 Å². The molecule has 13 heavy (non-hydrogen) atoms. The molecule has 80 valence electrons. The second kappa shape index (κ2) is 7.34. The van der Waals surface area contributed by atoms with E-state index in [0.29, 0.717) is 6.04 Å². The molecule has 0 aromatic carbocycles. The van der Waals surface area contributed by atoms with Gasteiger partial charge in [-0.1, -0.05) is 13.8 Å². The molecule has 0 amide bonds. The molecule has 2 heteroatoms. The molecule has 0 atom stereocenters. The highest BCUT2D eigenvalue weighted by molar-refractivity contribution is 4.61. The third-order valence-electron chi connectivity index (χ3n) is 2.66. The Morgan fingerprint density at radius 1 is 1.00 bits per heavy atom. The van der Waals surface area contributed by atoms with Gasteiger partial charge in [0.1, 0.15) is 0 Å². The molecule has 0 aliphatic rings. The zero-order valence-electron chi connectivity index (χ0n) is 10.0. The molecule has 0 saturated carbocycles. The first-order chi connectivity index (χ1) is 6.11. The Kier molecular flexibility index (Phi) is 7.29. The van der Waals surface area contributed by atoms with E-state index in [-0.39, 0.29) is 0 Å². The van der Waals surface area contributed by atoms with Gasteiger partial charge in [0.05, 0.1) is 0 Å². The van der Waals surface area contributed by atoms with Crippen molar-refractivity contribution in [2.75, 3.05) is 33.2 Å². The summed E-state index contributed by atoms with van der Waals surface area (Å²) in [5, 5.41) is 0. The van der Waals surface area contributed by atoms with Crippen molar-refractivity contribution < 1.29 is 0 Å². The molecule has 0 aliphatic heterocycles. The van der Waals surface area contributed by atoms with Crippen LogP contribution in [0, 0.1) is 0 Å². The molecule has 0 saturated heterocycles. The van der Waals surface area contributed by atoms with Gasteiger partial charge in [-0.3, -0.25) is 0 Å². The van der Waals surface area contributed by atoms with Crippen molar-refractivity contribution in [3.8, 4) is 0 Å². The van der Waals surface area contributed by atoms with Crippen LogP contribution < -0.4 is 0 Å². The van der Waals surface area contributed by atoms with Crippen LogP contribution in [0.25, 0.3) is 0 Å². The van der Waals surface area contributed by atoms with Gasteiger partial charge < -0.3 is 9.80 Å². The minimum absolute atomic E-state index is 0.692. The zero-order valence-corrected chi connectivity index (χ0v) is 10.0. The molecule has 0 aromatic rings. The standard InChI is InChI=1S/C11H26N2/c1-6-12(5)9-8-10-13(7-2)11(3)4/h11H,6-10H2,1-5H3. The number of hydrogen-bond donors (Lipinski definition) is 0. The fourth-order valence-electron chi connectivity index (χ4n) is 1.48. The van der Waals surface area contributed by atoms with E-state index in [0.717, 1.165) is 6.54 Å². The van der Waals surface area contributed by atoms with E-state index in [1.807, 2.05) is 0 Å². The minimum Gasteiger partial charge on any atom is -0.307 e. The van der Waals surface area contributed by atoms with E-state index in [1.165, 1.54) is 26.1 Å². The van der Waals surface area contributed by atoms with Crippen LogP contribution in [0.2, 0.25) is 0 Å². The summed E-state index contributed by atoms with van der Waals surface area (Å²) in [5.74, 6) is 0. The maximum absolute atomic E-state index is 2.52. The second-order valence-corrected chi connectivity index (χ2v) is 3.97. The summed E-state index contributed by atoms with van der Waals surface area (Å²) in [5.41, 5.74) is 0. The average molecular weight is 186 g/mol. The molecule has 0 bridgehead atoms. The summed E-state index contributed by atoms with van der Waals surface area (Å²) < 4.78 is 0. The van der Waals surface area contributed by atoms with Crippen LogP contribution in [-0.2, 0) is 0 Å². The molecular weight excluding hydrogens is 160 g/mol. The highest BCUT2D eigenvalue weighted by Gasteiger charge is 2.05. The molecule has 0 rings (SSSR count). The molecule has 2 nitrogen and oxygen atoms in total. The Labute approximate surface area is 83.9 Å². The van der Waals surface area contributed by atoms with Crippen molar-refractivity contribution >= 4 is 0 Å². The SMILES string of the molecule is CCN(C)CCCN(CC)C(C)C. The Morgan fingerprint density at radius 3 is 2.00 bits per heavy atom. The lowest BCUT2D eigenvalue weighted by Crippen LogP contribution is -2.33. The largest absolute Gasteiger partial charge is 0.307 e. The first kappa shape index (κ1) is 12.9. The molecule has 0 aromatic heterocycles. The Bertz CT molecular complexity index is 113. The molecule has 0 heterocycles. The zero-order chi connectivity index (χ0) is 10.3. The highest BCUT2D eigenvalue weighted by Crippen LogP contribution is 1.99. The fraction of sp³-hybridized carbons (Fsp3) is 1.00. The Balaban J connectivity index is 3.49. The maximum Gasteiger partial charge on any atom is 0.00384 e. The molecule has 0 radical (unpaired) electrons. The van der Waals surface area contributed by atoms with Crippen molar-refractivity contribution in [2.24, 2.45) is 0 Å². The maximum atomic E-state index is 2.52. The molecule has 0 unspecified atom stereocenters. The van der Waals surface area contributed by atoms with Crippen LogP contribution in [0.5, 0.6) is 0 Å². The van der Waals surface area contributed by atoms with Crippen molar-refractivity contribution in [3.63, 3.8) is 0 Å². The topological polar surface area (TPSA) is 6.48 Å². The summed E-state index contributed by atoms with van der Waals surface area (Å²) in [4.78, 5) is 4.89. The Hall–Kier alpha value is -0.0800. The molecule has 0 fully saturated rings. The van der Waals surface area contributed by atoms with Gasteiger partial charge in [-0.15, -0.1) is 0 Å². The van der Waals surface area contributed by atoms with Gasteiger partial charge in [0.15, 0.2) is 0 Å². The van der Waals surface area contributed by atoms with Crippen molar-refractivity contribution in [1.82, 2.24) is 9.80 Å². The average Bonchev–Trinajstić information content (AvgIpc) is 2.11. The van der Waals surface area contributed by atoms with Gasteiger partial charge >= 0.3 is 0 Å². The van der Waals surface area contributed by atoms with Gasteiger partial charge in [-0.25, -0.2) is 0 Å². The lowest BCUT2D eigenvalue weighted by molar-refractivity contribution is 0.216. The van der Waals surface area contributed by atoms with Crippen LogP contribution in [0.1, 0.15) is 34.1 Å². The Morgan fingerprint density at radius 2 is 1.62 bits per heavy atom. The first-order valence-corrected chi connectivity index (χ1v) is 5.54. The lowest BCUT2D eigenvalue weighted by Gasteiger charge is -2.25. The van der Waals surface area contributed by atoms with E-state index in [9.17, 15) is 0 Å². The number of hydrogen-bond acceptors (Lipinski definition) is 2. The van der Waals surface area contributed by atoms with E-state index in [4.69, 9.17) is 0 Å². The predicted molar refractivity (Wildman–Crippen MR) is 60.2 cm³/mol. The van der Waals surface area contributed by atoms with Crippen LogP contribution >= 0.6 is 0 Å². The van der Waals surface area contributed by atoms with Crippen LogP contribution in [0.3, 0.4) is 0 Å². The molecular formula is C11H26N2. The van der Waals surface area contributed by atoms with Crippen molar-refractivity contribution in [3.05, 3.63) is 0 Å². The van der Waals surface area contributed by atoms with Gasteiger partial charge in [-0.05, 0) is 53.5 Å². The second-order valence-electron chi connectivity index (χ2n) is 3.97. The molecule has 0 N–H and O–H groups in total. The van der Waals surface area contributed by atoms with Gasteiger partial charge in [0, 0.05) is 6.04 Å². The molecule has 0 spiro atoms. The summed E-state index contributed by atoms with van der Waals surface area (Å²) in [6.07, 6.45) is 1.29. The third kappa shape index (κ3) is 6.05. The third-order valence-corrected chi connectivity index (χ3v) is 2.66. The first-order valence-electron chi connectivity index (χ1n) is 5.54. The quantitative estimate of drug-likeness (QED) is 0.600. The van der Waals surface area contributed by atoms with E-state index in [2.05, 4.69) is 44.5 Å². The van der Waals surface area contributed by atoms with Crippen LogP contribution in [0.15, 0.2) is 0 Å². The fourth-order valence-corrected chi connectivity index (χ4v) is 1.48. The van der Waals surface area contributed by atoms with Crippen LogP contribution in [-0.4, -0.2) is 49.1 Å². The normalized spacial score (nSPS) is 12.0. The van der Waals surface area contributed by atoms with Crippen molar-refractivity contribution in [1.29, 1.82) is 0 Å². The van der Waals surface area contributed by atoms with E-state index in [1.54, 1.807) is 0 Å². The number of nitrogens with zero attached hydrogens (tertiary/aromatic N) is 2. The molecule has 0 aliphatic carbocycles. The smallest absolute Gasteiger partial charge is 0.00384 e. The highest BCUT2D eigenvalue weighted by atomic mass is 15.1.